The zero-order chi connectivity index (χ0) is 11.7. The topological polar surface area (TPSA) is 58.6 Å². The van der Waals surface area contributed by atoms with Crippen molar-refractivity contribution in [3.63, 3.8) is 0 Å². The first-order chi connectivity index (χ1) is 7.06. The fourth-order valence-electron chi connectivity index (χ4n) is 1.22. The molecule has 0 saturated heterocycles. The SMILES string of the molecule is CCCCOCCCC(C)(NC)C(=O)O. The van der Waals surface area contributed by atoms with Crippen LogP contribution < -0.4 is 5.32 Å². The van der Waals surface area contributed by atoms with Crippen molar-refractivity contribution < 1.29 is 14.6 Å². The lowest BCUT2D eigenvalue weighted by Gasteiger charge is -2.23. The maximum absolute atomic E-state index is 10.9. The Balaban J connectivity index is 3.60. The van der Waals surface area contributed by atoms with E-state index >= 15 is 0 Å². The first kappa shape index (κ1) is 14.4. The summed E-state index contributed by atoms with van der Waals surface area (Å²) in [6.07, 6.45) is 3.56. The van der Waals surface area contributed by atoms with Crippen LogP contribution in [0, 0.1) is 0 Å². The summed E-state index contributed by atoms with van der Waals surface area (Å²) >= 11 is 0. The van der Waals surface area contributed by atoms with Gasteiger partial charge < -0.3 is 15.2 Å². The van der Waals surface area contributed by atoms with Crippen molar-refractivity contribution in [3.05, 3.63) is 0 Å². The Labute approximate surface area is 92.0 Å². The number of ether oxygens (including phenoxy) is 1. The van der Waals surface area contributed by atoms with Crippen LogP contribution in [-0.2, 0) is 9.53 Å². The van der Waals surface area contributed by atoms with E-state index in [1.54, 1.807) is 14.0 Å². The van der Waals surface area contributed by atoms with Gasteiger partial charge in [-0.05, 0) is 33.2 Å². The summed E-state index contributed by atoms with van der Waals surface area (Å²) < 4.78 is 5.37. The van der Waals surface area contributed by atoms with Crippen LogP contribution in [0.3, 0.4) is 0 Å². The Morgan fingerprint density at radius 1 is 1.40 bits per heavy atom. The summed E-state index contributed by atoms with van der Waals surface area (Å²) in [5.74, 6) is -0.807. The van der Waals surface area contributed by atoms with Gasteiger partial charge in [-0.3, -0.25) is 4.79 Å². The number of carbonyl (C=O) groups is 1. The lowest BCUT2D eigenvalue weighted by molar-refractivity contribution is -0.144. The van der Waals surface area contributed by atoms with E-state index in [1.165, 1.54) is 0 Å². The van der Waals surface area contributed by atoms with E-state index in [4.69, 9.17) is 9.84 Å². The molecular formula is C11H23NO3. The predicted molar refractivity (Wildman–Crippen MR) is 60.1 cm³/mol. The van der Waals surface area contributed by atoms with Crippen molar-refractivity contribution in [2.45, 2.75) is 45.1 Å². The van der Waals surface area contributed by atoms with Crippen LogP contribution >= 0.6 is 0 Å². The molecule has 0 radical (unpaired) electrons. The third-order valence-corrected chi connectivity index (χ3v) is 2.63. The lowest BCUT2D eigenvalue weighted by atomic mass is 9.96. The molecule has 0 spiro atoms. The molecule has 0 aromatic heterocycles. The number of nitrogens with one attached hydrogen (secondary N) is 1. The van der Waals surface area contributed by atoms with Gasteiger partial charge in [0.25, 0.3) is 0 Å². The molecule has 0 aliphatic heterocycles. The van der Waals surface area contributed by atoms with Crippen molar-refractivity contribution in [2.75, 3.05) is 20.3 Å². The van der Waals surface area contributed by atoms with Crippen LogP contribution in [-0.4, -0.2) is 36.9 Å². The molecule has 1 atom stereocenters. The summed E-state index contributed by atoms with van der Waals surface area (Å²) in [5.41, 5.74) is -0.825. The monoisotopic (exact) mass is 217 g/mol. The number of carboxylic acids is 1. The summed E-state index contributed by atoms with van der Waals surface area (Å²) in [6, 6.07) is 0. The molecule has 2 N–H and O–H groups in total. The maximum atomic E-state index is 10.9. The largest absolute Gasteiger partial charge is 0.480 e. The van der Waals surface area contributed by atoms with E-state index in [1.807, 2.05) is 0 Å². The molecule has 4 nitrogen and oxygen atoms in total. The second-order valence-corrected chi connectivity index (χ2v) is 3.96. The number of hydrogen-bond acceptors (Lipinski definition) is 3. The van der Waals surface area contributed by atoms with Crippen LogP contribution in [0.4, 0.5) is 0 Å². The zero-order valence-corrected chi connectivity index (χ0v) is 10.0. The van der Waals surface area contributed by atoms with Crippen LogP contribution in [0.25, 0.3) is 0 Å². The van der Waals surface area contributed by atoms with Gasteiger partial charge in [0.05, 0.1) is 0 Å². The highest BCUT2D eigenvalue weighted by Gasteiger charge is 2.30. The number of carboxylic acid groups (broad SMARTS) is 1. The maximum Gasteiger partial charge on any atom is 0.323 e. The number of unbranched alkanes of at least 4 members (excludes halogenated alkanes) is 1. The number of aliphatic carboxylic acids is 1. The van der Waals surface area contributed by atoms with E-state index in [-0.39, 0.29) is 0 Å². The van der Waals surface area contributed by atoms with E-state index < -0.39 is 11.5 Å². The van der Waals surface area contributed by atoms with Gasteiger partial charge in [-0.2, -0.15) is 0 Å². The first-order valence-electron chi connectivity index (χ1n) is 5.57. The number of rotatable bonds is 9. The van der Waals surface area contributed by atoms with Crippen molar-refractivity contribution in [2.24, 2.45) is 0 Å². The van der Waals surface area contributed by atoms with Crippen LogP contribution in [0.15, 0.2) is 0 Å². The average molecular weight is 217 g/mol. The van der Waals surface area contributed by atoms with Crippen molar-refractivity contribution in [1.29, 1.82) is 0 Å². The smallest absolute Gasteiger partial charge is 0.323 e. The molecule has 15 heavy (non-hydrogen) atoms. The summed E-state index contributed by atoms with van der Waals surface area (Å²) in [4.78, 5) is 10.9. The molecule has 90 valence electrons. The van der Waals surface area contributed by atoms with Crippen LogP contribution in [0.1, 0.15) is 39.5 Å². The lowest BCUT2D eigenvalue weighted by Crippen LogP contribution is -2.47. The van der Waals surface area contributed by atoms with Crippen molar-refractivity contribution in [1.82, 2.24) is 5.32 Å². The molecule has 0 aliphatic carbocycles. The predicted octanol–water partition coefficient (Wildman–Crippen LogP) is 1.65. The molecular weight excluding hydrogens is 194 g/mol. The molecule has 0 bridgehead atoms. The molecule has 0 fully saturated rings. The molecule has 0 aliphatic rings. The van der Waals surface area contributed by atoms with E-state index in [0.29, 0.717) is 13.0 Å². The van der Waals surface area contributed by atoms with Gasteiger partial charge in [-0.25, -0.2) is 0 Å². The Bertz CT molecular complexity index is 185. The highest BCUT2D eigenvalue weighted by atomic mass is 16.5. The van der Waals surface area contributed by atoms with E-state index in [0.717, 1.165) is 25.9 Å². The highest BCUT2D eigenvalue weighted by Crippen LogP contribution is 2.12. The Hall–Kier alpha value is -0.610. The van der Waals surface area contributed by atoms with Crippen LogP contribution in [0.2, 0.25) is 0 Å². The molecule has 1 unspecified atom stereocenters. The van der Waals surface area contributed by atoms with Gasteiger partial charge >= 0.3 is 5.97 Å². The van der Waals surface area contributed by atoms with Crippen molar-refractivity contribution in [3.8, 4) is 0 Å². The minimum absolute atomic E-state index is 0.588. The standard InChI is InChI=1S/C11H23NO3/c1-4-5-8-15-9-6-7-11(2,12-3)10(13)14/h12H,4-9H2,1-3H3,(H,13,14). The Morgan fingerprint density at radius 2 is 2.00 bits per heavy atom. The third kappa shape index (κ3) is 5.74. The summed E-state index contributed by atoms with van der Waals surface area (Å²) in [6.45, 7) is 5.23. The molecule has 0 saturated carbocycles. The van der Waals surface area contributed by atoms with Crippen LogP contribution in [0.5, 0.6) is 0 Å². The highest BCUT2D eigenvalue weighted by molar-refractivity contribution is 5.78. The third-order valence-electron chi connectivity index (χ3n) is 2.63. The normalized spacial score (nSPS) is 14.9. The van der Waals surface area contributed by atoms with Gasteiger partial charge in [0, 0.05) is 13.2 Å². The van der Waals surface area contributed by atoms with Crippen molar-refractivity contribution >= 4 is 5.97 Å². The van der Waals surface area contributed by atoms with Gasteiger partial charge in [0.15, 0.2) is 0 Å². The van der Waals surface area contributed by atoms with Gasteiger partial charge in [0.1, 0.15) is 5.54 Å². The fourth-order valence-corrected chi connectivity index (χ4v) is 1.22. The molecule has 0 aromatic carbocycles. The quantitative estimate of drug-likeness (QED) is 0.576. The minimum Gasteiger partial charge on any atom is -0.480 e. The Kier molecular flexibility index (Phi) is 7.34. The zero-order valence-electron chi connectivity index (χ0n) is 10.0. The molecule has 4 heteroatoms. The number of likely N-dealkylation sites (N-methyl/N-ethyl adjacent to an activating group) is 1. The summed E-state index contributed by atoms with van der Waals surface area (Å²) in [7, 11) is 1.67. The summed E-state index contributed by atoms with van der Waals surface area (Å²) in [5, 5.41) is 11.8. The molecule has 0 heterocycles. The van der Waals surface area contributed by atoms with E-state index in [9.17, 15) is 4.79 Å². The average Bonchev–Trinajstić information content (AvgIpc) is 2.22. The Morgan fingerprint density at radius 3 is 2.47 bits per heavy atom. The second-order valence-electron chi connectivity index (χ2n) is 3.96. The number of hydrogen-bond donors (Lipinski definition) is 2. The molecule has 0 rings (SSSR count). The second kappa shape index (κ2) is 7.65. The molecule has 0 amide bonds. The molecule has 0 aromatic rings. The fraction of sp³-hybridized carbons (Fsp3) is 0.909. The minimum atomic E-state index is -0.825. The first-order valence-corrected chi connectivity index (χ1v) is 5.57. The van der Waals surface area contributed by atoms with E-state index in [2.05, 4.69) is 12.2 Å². The van der Waals surface area contributed by atoms with Gasteiger partial charge in [-0.1, -0.05) is 13.3 Å². The van der Waals surface area contributed by atoms with Gasteiger partial charge in [0.2, 0.25) is 0 Å². The van der Waals surface area contributed by atoms with Gasteiger partial charge in [-0.15, -0.1) is 0 Å².